The molecule has 2 atom stereocenters. The molecule has 1 heterocycles. The van der Waals surface area contributed by atoms with Crippen LogP contribution < -0.4 is 5.32 Å². The Morgan fingerprint density at radius 1 is 1.56 bits per heavy atom. The lowest BCUT2D eigenvalue weighted by molar-refractivity contribution is -0.145. The molecule has 0 aromatic carbocycles. The maximum absolute atomic E-state index is 11.8. The largest absolute Gasteiger partial charge is 0.343 e. The third-order valence-electron chi connectivity index (χ3n) is 2.76. The summed E-state index contributed by atoms with van der Waals surface area (Å²) in [7, 11) is 0. The highest BCUT2D eigenvalue weighted by Gasteiger charge is 2.31. The lowest BCUT2D eigenvalue weighted by Gasteiger charge is -2.35. The highest BCUT2D eigenvalue weighted by molar-refractivity contribution is 7.99. The normalized spacial score (nSPS) is 23.2. The number of carbonyl (C=O) groups excluding carboxylic acids is 2. The molecule has 0 aromatic heterocycles. The Bertz CT molecular complexity index is 271. The average Bonchev–Trinajstić information content (AvgIpc) is 2.23. The second-order valence-electron chi connectivity index (χ2n) is 4.09. The molecule has 5 heteroatoms. The van der Waals surface area contributed by atoms with Gasteiger partial charge in [0.1, 0.15) is 6.04 Å². The summed E-state index contributed by atoms with van der Waals surface area (Å²) in [6, 6.07) is -0.220. The van der Waals surface area contributed by atoms with Crippen molar-refractivity contribution in [1.82, 2.24) is 10.2 Å². The summed E-state index contributed by atoms with van der Waals surface area (Å²) in [6.45, 7) is 6.08. The van der Waals surface area contributed by atoms with Crippen LogP contribution in [0.1, 0.15) is 27.2 Å². The van der Waals surface area contributed by atoms with Crippen LogP contribution in [-0.2, 0) is 9.59 Å². The van der Waals surface area contributed by atoms with E-state index < -0.39 is 0 Å². The zero-order valence-electron chi connectivity index (χ0n) is 10.2. The minimum Gasteiger partial charge on any atom is -0.343 e. The Morgan fingerprint density at radius 2 is 2.25 bits per heavy atom. The molecule has 0 saturated carbocycles. The Balaban J connectivity index is 2.49. The van der Waals surface area contributed by atoms with Gasteiger partial charge in [0.2, 0.25) is 11.8 Å². The quantitative estimate of drug-likeness (QED) is 0.730. The smallest absolute Gasteiger partial charge is 0.245 e. The molecule has 0 spiro atoms. The van der Waals surface area contributed by atoms with Crippen molar-refractivity contribution in [1.29, 1.82) is 0 Å². The SMILES string of the molecule is CCSCCC(C)N1CC(=O)NC(C)C1=O. The number of nitrogens with zero attached hydrogens (tertiary/aromatic N) is 1. The molecule has 1 fully saturated rings. The van der Waals surface area contributed by atoms with E-state index in [0.717, 1.165) is 17.9 Å². The first kappa shape index (κ1) is 13.4. The number of rotatable bonds is 5. The first-order valence-electron chi connectivity index (χ1n) is 5.73. The van der Waals surface area contributed by atoms with Crippen molar-refractivity contribution in [3.63, 3.8) is 0 Å². The first-order valence-corrected chi connectivity index (χ1v) is 6.89. The number of amides is 2. The summed E-state index contributed by atoms with van der Waals surface area (Å²) in [5.74, 6) is 2.12. The van der Waals surface area contributed by atoms with Crippen molar-refractivity contribution in [2.45, 2.75) is 39.3 Å². The van der Waals surface area contributed by atoms with E-state index >= 15 is 0 Å². The van der Waals surface area contributed by atoms with Crippen molar-refractivity contribution < 1.29 is 9.59 Å². The number of hydrogen-bond acceptors (Lipinski definition) is 3. The van der Waals surface area contributed by atoms with E-state index in [1.54, 1.807) is 11.8 Å². The van der Waals surface area contributed by atoms with Crippen molar-refractivity contribution in [2.24, 2.45) is 0 Å². The predicted octanol–water partition coefficient (Wildman–Crippen LogP) is 0.865. The molecule has 0 bridgehead atoms. The summed E-state index contributed by atoms with van der Waals surface area (Å²) in [5.41, 5.74) is 0. The van der Waals surface area contributed by atoms with Crippen LogP contribution in [0.15, 0.2) is 0 Å². The first-order chi connectivity index (χ1) is 7.56. The van der Waals surface area contributed by atoms with Crippen LogP contribution in [0.5, 0.6) is 0 Å². The maximum atomic E-state index is 11.8. The fourth-order valence-electron chi connectivity index (χ4n) is 1.76. The van der Waals surface area contributed by atoms with Gasteiger partial charge in [-0.3, -0.25) is 9.59 Å². The number of carbonyl (C=O) groups is 2. The molecule has 0 aliphatic carbocycles. The Kier molecular flexibility index (Phi) is 5.12. The Hall–Kier alpha value is -0.710. The van der Waals surface area contributed by atoms with E-state index in [1.807, 2.05) is 18.7 Å². The average molecular weight is 244 g/mol. The number of piperazine rings is 1. The molecule has 92 valence electrons. The van der Waals surface area contributed by atoms with E-state index in [-0.39, 0.29) is 30.4 Å². The lowest BCUT2D eigenvalue weighted by Crippen LogP contribution is -2.59. The van der Waals surface area contributed by atoms with E-state index in [1.165, 1.54) is 0 Å². The van der Waals surface area contributed by atoms with Gasteiger partial charge >= 0.3 is 0 Å². The van der Waals surface area contributed by atoms with Crippen LogP contribution in [0.25, 0.3) is 0 Å². The van der Waals surface area contributed by atoms with E-state index in [2.05, 4.69) is 12.2 Å². The van der Waals surface area contributed by atoms with Crippen LogP contribution in [0, 0.1) is 0 Å². The summed E-state index contributed by atoms with van der Waals surface area (Å²) >= 11 is 1.86. The molecule has 1 aliphatic heterocycles. The third kappa shape index (κ3) is 3.40. The highest BCUT2D eigenvalue weighted by atomic mass is 32.2. The molecular formula is C11H20N2O2S. The topological polar surface area (TPSA) is 49.4 Å². The van der Waals surface area contributed by atoms with Gasteiger partial charge in [0.15, 0.2) is 0 Å². The van der Waals surface area contributed by atoms with Gasteiger partial charge in [0.25, 0.3) is 0 Å². The standard InChI is InChI=1S/C11H20N2O2S/c1-4-16-6-5-8(2)13-7-10(14)12-9(3)11(13)15/h8-9H,4-7H2,1-3H3,(H,12,14). The van der Waals surface area contributed by atoms with E-state index in [9.17, 15) is 9.59 Å². The van der Waals surface area contributed by atoms with E-state index in [4.69, 9.17) is 0 Å². The fourth-order valence-corrected chi connectivity index (χ4v) is 2.55. The monoisotopic (exact) mass is 244 g/mol. The highest BCUT2D eigenvalue weighted by Crippen LogP contribution is 2.13. The molecule has 2 amide bonds. The second-order valence-corrected chi connectivity index (χ2v) is 5.48. The van der Waals surface area contributed by atoms with Crippen LogP contribution >= 0.6 is 11.8 Å². The number of hydrogen-bond donors (Lipinski definition) is 1. The predicted molar refractivity (Wildman–Crippen MR) is 66.4 cm³/mol. The molecule has 1 aliphatic rings. The fraction of sp³-hybridized carbons (Fsp3) is 0.818. The number of thioether (sulfide) groups is 1. The minimum atomic E-state index is -0.373. The summed E-state index contributed by atoms with van der Waals surface area (Å²) in [5, 5.41) is 2.65. The molecule has 0 radical (unpaired) electrons. The summed E-state index contributed by atoms with van der Waals surface area (Å²) < 4.78 is 0. The Labute approximate surface area is 101 Å². The van der Waals surface area contributed by atoms with Crippen molar-refractivity contribution in [2.75, 3.05) is 18.1 Å². The molecule has 1 N–H and O–H groups in total. The molecule has 0 aromatic rings. The molecule has 2 unspecified atom stereocenters. The van der Waals surface area contributed by atoms with E-state index in [0.29, 0.717) is 0 Å². The third-order valence-corrected chi connectivity index (χ3v) is 3.69. The van der Waals surface area contributed by atoms with Gasteiger partial charge in [-0.2, -0.15) is 11.8 Å². The van der Waals surface area contributed by atoms with Crippen LogP contribution in [0.2, 0.25) is 0 Å². The van der Waals surface area contributed by atoms with Crippen LogP contribution in [-0.4, -0.2) is 46.8 Å². The van der Waals surface area contributed by atoms with Gasteiger partial charge in [0, 0.05) is 6.04 Å². The summed E-state index contributed by atoms with van der Waals surface area (Å²) in [4.78, 5) is 24.9. The van der Waals surface area contributed by atoms with Gasteiger partial charge in [-0.05, 0) is 31.8 Å². The van der Waals surface area contributed by atoms with Gasteiger partial charge < -0.3 is 10.2 Å². The van der Waals surface area contributed by atoms with Crippen molar-refractivity contribution >= 4 is 23.6 Å². The van der Waals surface area contributed by atoms with Gasteiger partial charge in [-0.25, -0.2) is 0 Å². The van der Waals surface area contributed by atoms with Gasteiger partial charge in [-0.1, -0.05) is 6.92 Å². The Morgan fingerprint density at radius 3 is 2.88 bits per heavy atom. The van der Waals surface area contributed by atoms with Crippen molar-refractivity contribution in [3.05, 3.63) is 0 Å². The number of nitrogens with one attached hydrogen (secondary N) is 1. The maximum Gasteiger partial charge on any atom is 0.245 e. The van der Waals surface area contributed by atoms with Crippen molar-refractivity contribution in [3.8, 4) is 0 Å². The summed E-state index contributed by atoms with van der Waals surface area (Å²) in [6.07, 6.45) is 0.949. The molecule has 4 nitrogen and oxygen atoms in total. The zero-order valence-corrected chi connectivity index (χ0v) is 11.0. The molecule has 16 heavy (non-hydrogen) atoms. The molecular weight excluding hydrogens is 224 g/mol. The van der Waals surface area contributed by atoms with Gasteiger partial charge in [-0.15, -0.1) is 0 Å². The molecule has 1 saturated heterocycles. The minimum absolute atomic E-state index is 0.0357. The lowest BCUT2D eigenvalue weighted by atomic mass is 10.1. The molecule has 1 rings (SSSR count). The zero-order chi connectivity index (χ0) is 12.1. The van der Waals surface area contributed by atoms with Gasteiger partial charge in [0.05, 0.1) is 6.54 Å². The second kappa shape index (κ2) is 6.13. The van der Waals surface area contributed by atoms with Crippen LogP contribution in [0.3, 0.4) is 0 Å². The van der Waals surface area contributed by atoms with Crippen LogP contribution in [0.4, 0.5) is 0 Å².